The first-order valence-electron chi connectivity index (χ1n) is 11.7. The second-order valence-corrected chi connectivity index (χ2v) is 16.7. The van der Waals surface area contributed by atoms with E-state index in [1.807, 2.05) is 19.6 Å². The summed E-state index contributed by atoms with van der Waals surface area (Å²) in [5, 5.41) is 9.25. The first-order chi connectivity index (χ1) is 17.9. The molecule has 3 rings (SSSR count). The molecule has 0 aliphatic heterocycles. The van der Waals surface area contributed by atoms with Crippen LogP contribution in [0.5, 0.6) is 11.5 Å². The predicted octanol–water partition coefficient (Wildman–Crippen LogP) is 7.02. The summed E-state index contributed by atoms with van der Waals surface area (Å²) in [6.45, 7) is 1.30. The Kier molecular flexibility index (Phi) is 9.57. The first kappa shape index (κ1) is 31.5. The molecule has 1 heterocycles. The van der Waals surface area contributed by atoms with Crippen LogP contribution in [0.3, 0.4) is 0 Å². The van der Waals surface area contributed by atoms with E-state index in [0.717, 1.165) is 18.2 Å². The summed E-state index contributed by atoms with van der Waals surface area (Å²) in [5.41, 5.74) is -4.86. The van der Waals surface area contributed by atoms with Crippen LogP contribution < -0.4 is 9.47 Å². The van der Waals surface area contributed by atoms with Gasteiger partial charge in [-0.1, -0.05) is 25.7 Å². The van der Waals surface area contributed by atoms with Gasteiger partial charge in [0.2, 0.25) is 0 Å². The van der Waals surface area contributed by atoms with Crippen molar-refractivity contribution >= 4 is 19.4 Å². The topological polar surface area (TPSA) is 70.0 Å². The molecule has 1 saturated carbocycles. The minimum atomic E-state index is -5.98. The van der Waals surface area contributed by atoms with Gasteiger partial charge in [0.1, 0.15) is 17.9 Å². The lowest BCUT2D eigenvalue weighted by Crippen LogP contribution is -2.56. The molecule has 0 bridgehead atoms. The molecule has 0 radical (unpaired) electrons. The molecule has 1 aromatic carbocycles. The molecule has 1 aliphatic carbocycles. The third-order valence-electron chi connectivity index (χ3n) is 5.57. The van der Waals surface area contributed by atoms with Gasteiger partial charge in [0.05, 0.1) is 11.0 Å². The Morgan fingerprint density at radius 2 is 1.69 bits per heavy atom. The van der Waals surface area contributed by atoms with Crippen LogP contribution >= 0.6 is 11.3 Å². The molecule has 1 atom stereocenters. The van der Waals surface area contributed by atoms with Crippen LogP contribution in [0.2, 0.25) is 25.7 Å². The third kappa shape index (κ3) is 7.80. The minimum absolute atomic E-state index is 0.0531. The zero-order valence-corrected chi connectivity index (χ0v) is 22.9. The Morgan fingerprint density at radius 1 is 1.05 bits per heavy atom. The molecular formula is C23H27F8NO5SSi. The highest BCUT2D eigenvalue weighted by Crippen LogP contribution is 2.54. The number of aliphatic hydroxyl groups excluding tert-OH is 1. The van der Waals surface area contributed by atoms with Crippen LogP contribution in [0.25, 0.3) is 0 Å². The number of rotatable bonds is 13. The maximum atomic E-state index is 14.0. The Morgan fingerprint density at radius 3 is 2.23 bits per heavy atom. The minimum Gasteiger partial charge on any atom is -0.487 e. The Hall–Kier alpha value is -2.01. The van der Waals surface area contributed by atoms with E-state index >= 15 is 0 Å². The number of thiazole rings is 1. The van der Waals surface area contributed by atoms with Crippen molar-refractivity contribution in [2.45, 2.75) is 75.3 Å². The molecule has 1 unspecified atom stereocenters. The van der Waals surface area contributed by atoms with E-state index in [4.69, 9.17) is 9.47 Å². The maximum absolute atomic E-state index is 14.0. The summed E-state index contributed by atoms with van der Waals surface area (Å²) >= 11 is -0.0554. The highest BCUT2D eigenvalue weighted by Gasteiger charge is 2.75. The smallest absolute Gasteiger partial charge is 0.433 e. The summed E-state index contributed by atoms with van der Waals surface area (Å²) in [5.74, 6) is -0.494. The average molecular weight is 610 g/mol. The molecule has 1 aromatic heterocycles. The van der Waals surface area contributed by atoms with Crippen LogP contribution in [0, 0.1) is 0 Å². The number of hydrogen-bond donors (Lipinski definition) is 1. The fourth-order valence-electron chi connectivity index (χ4n) is 3.28. The van der Waals surface area contributed by atoms with Gasteiger partial charge in [-0.05, 0) is 36.6 Å². The fraction of sp³-hybridized carbons (Fsp3) is 0.609. The summed E-state index contributed by atoms with van der Waals surface area (Å²) < 4.78 is 129. The van der Waals surface area contributed by atoms with Gasteiger partial charge in [-0.15, -0.1) is 11.3 Å². The molecular weight excluding hydrogens is 582 g/mol. The van der Waals surface area contributed by atoms with Crippen LogP contribution in [0.1, 0.15) is 34.4 Å². The quantitative estimate of drug-likeness (QED) is 0.114. The molecule has 6 nitrogen and oxygen atoms in total. The molecule has 1 fully saturated rings. The van der Waals surface area contributed by atoms with Crippen molar-refractivity contribution < 1.29 is 59.2 Å². The zero-order valence-electron chi connectivity index (χ0n) is 21.0. The van der Waals surface area contributed by atoms with E-state index in [1.54, 1.807) is 0 Å². The van der Waals surface area contributed by atoms with Crippen molar-refractivity contribution in [1.29, 1.82) is 0 Å². The van der Waals surface area contributed by atoms with Crippen molar-refractivity contribution in [2.75, 3.05) is 13.4 Å². The summed E-state index contributed by atoms with van der Waals surface area (Å²) in [4.78, 5) is 2.95. The van der Waals surface area contributed by atoms with Crippen molar-refractivity contribution in [1.82, 2.24) is 4.98 Å². The van der Waals surface area contributed by atoms with Crippen molar-refractivity contribution in [3.8, 4) is 11.5 Å². The van der Waals surface area contributed by atoms with Crippen molar-refractivity contribution in [3.63, 3.8) is 0 Å². The third-order valence-corrected chi connectivity index (χ3v) is 8.42. The highest BCUT2D eigenvalue weighted by molar-refractivity contribution is 7.11. The predicted molar refractivity (Wildman–Crippen MR) is 127 cm³/mol. The zero-order chi connectivity index (χ0) is 29.2. The van der Waals surface area contributed by atoms with E-state index in [0.29, 0.717) is 25.1 Å². The van der Waals surface area contributed by atoms with Gasteiger partial charge in [-0.3, -0.25) is 0 Å². The molecule has 16 heteroatoms. The lowest BCUT2D eigenvalue weighted by atomic mass is 10.0. The van der Waals surface area contributed by atoms with Gasteiger partial charge < -0.3 is 24.1 Å². The molecule has 0 spiro atoms. The molecule has 39 heavy (non-hydrogen) atoms. The Balaban J connectivity index is 1.90. The number of nitrogens with zero attached hydrogens (tertiary/aromatic N) is 1. The normalized spacial score (nSPS) is 16.0. The van der Waals surface area contributed by atoms with Gasteiger partial charge in [-0.2, -0.15) is 35.1 Å². The lowest BCUT2D eigenvalue weighted by molar-refractivity contribution is -0.401. The van der Waals surface area contributed by atoms with Crippen LogP contribution in [0.15, 0.2) is 24.4 Å². The number of hydrogen-bond acceptors (Lipinski definition) is 7. The molecule has 2 aromatic rings. The summed E-state index contributed by atoms with van der Waals surface area (Å²) in [6, 6.07) is 3.80. The van der Waals surface area contributed by atoms with Gasteiger partial charge in [0, 0.05) is 20.9 Å². The second-order valence-electron chi connectivity index (χ2n) is 10.0. The van der Waals surface area contributed by atoms with E-state index in [2.05, 4.69) is 14.5 Å². The van der Waals surface area contributed by atoms with Crippen molar-refractivity contribution in [3.05, 3.63) is 39.8 Å². The fourth-order valence-corrected chi connectivity index (χ4v) is 5.15. The number of alkyl halides is 8. The van der Waals surface area contributed by atoms with Gasteiger partial charge >= 0.3 is 24.6 Å². The van der Waals surface area contributed by atoms with Crippen LogP contribution in [0.4, 0.5) is 35.1 Å². The molecule has 220 valence electrons. The number of aliphatic hydroxyl groups is 1. The standard InChI is InChI=1S/C23H27F8NO5SSi/c1-39(2,3)9-8-34-12-35-21(22(26,27)28,23(29,30)31)19-32-11-17(38-19)18(33)13-4-7-15(37-20(24)25)16(10-13)36-14-5-6-14/h4,7,10-11,14,18,20,33H,5-6,8-9,12H2,1-3H3. The molecule has 0 amide bonds. The Labute approximate surface area is 223 Å². The number of aromatic nitrogens is 1. The van der Waals surface area contributed by atoms with Crippen LogP contribution in [-0.2, 0) is 15.1 Å². The monoisotopic (exact) mass is 609 g/mol. The number of ether oxygens (including phenoxy) is 4. The molecule has 1 N–H and O–H groups in total. The number of benzene rings is 1. The van der Waals surface area contributed by atoms with Gasteiger partial charge in [0.15, 0.2) is 11.5 Å². The summed E-state index contributed by atoms with van der Waals surface area (Å²) in [7, 11) is -1.67. The first-order valence-corrected chi connectivity index (χ1v) is 16.2. The molecule has 0 saturated heterocycles. The SMILES string of the molecule is C[Si](C)(C)CCOCOC(c1ncc(C(O)c2ccc(OC(F)F)c(OC3CC3)c2)s1)(C(F)(F)F)C(F)(F)F. The van der Waals surface area contributed by atoms with Gasteiger partial charge in [0.25, 0.3) is 0 Å². The summed E-state index contributed by atoms with van der Waals surface area (Å²) in [6.07, 6.45) is -12.0. The number of halogens is 8. The second kappa shape index (κ2) is 11.8. The van der Waals surface area contributed by atoms with E-state index < -0.39 is 50.5 Å². The molecule has 1 aliphatic rings. The average Bonchev–Trinajstić information content (AvgIpc) is 3.46. The maximum Gasteiger partial charge on any atom is 0.433 e. The van der Waals surface area contributed by atoms with E-state index in [9.17, 15) is 40.2 Å². The van der Waals surface area contributed by atoms with E-state index in [1.165, 1.54) is 0 Å². The Bertz CT molecular complexity index is 1090. The highest BCUT2D eigenvalue weighted by atomic mass is 32.1. The van der Waals surface area contributed by atoms with E-state index in [-0.39, 0.29) is 46.0 Å². The van der Waals surface area contributed by atoms with Crippen LogP contribution in [-0.4, -0.2) is 56.6 Å². The van der Waals surface area contributed by atoms with Gasteiger partial charge in [-0.25, -0.2) is 4.98 Å². The largest absolute Gasteiger partial charge is 0.487 e. The lowest BCUT2D eigenvalue weighted by Gasteiger charge is -2.35. The van der Waals surface area contributed by atoms with Crippen molar-refractivity contribution in [2.24, 2.45) is 0 Å².